The fraction of sp³-hybridized carbons (Fsp3) is 0.357. The first-order valence-electron chi connectivity index (χ1n) is 6.19. The van der Waals surface area contributed by atoms with Crippen molar-refractivity contribution in [1.29, 1.82) is 0 Å². The number of carbonyl (C=O) groups excluding carboxylic acids is 1. The molecule has 0 atom stereocenters. The second-order valence-corrected chi connectivity index (χ2v) is 4.44. The van der Waals surface area contributed by atoms with E-state index in [-0.39, 0.29) is 18.0 Å². The van der Waals surface area contributed by atoms with Crippen LogP contribution < -0.4 is 5.32 Å². The van der Waals surface area contributed by atoms with Crippen LogP contribution in [0.5, 0.6) is 0 Å². The second-order valence-electron chi connectivity index (χ2n) is 4.44. The monoisotopic (exact) mass is 264 g/mol. The highest BCUT2D eigenvalue weighted by Gasteiger charge is 2.30. The zero-order valence-corrected chi connectivity index (χ0v) is 10.6. The highest BCUT2D eigenvalue weighted by molar-refractivity contribution is 5.75. The van der Waals surface area contributed by atoms with Crippen LogP contribution in [0.15, 0.2) is 36.9 Å². The van der Waals surface area contributed by atoms with Gasteiger partial charge >= 0.3 is 6.03 Å². The van der Waals surface area contributed by atoms with Crippen LogP contribution >= 0.6 is 0 Å². The summed E-state index contributed by atoms with van der Waals surface area (Å²) in [6.07, 6.45) is 1.66. The van der Waals surface area contributed by atoms with Gasteiger partial charge in [-0.3, -0.25) is 0 Å². The van der Waals surface area contributed by atoms with Crippen molar-refractivity contribution < 1.29 is 13.9 Å². The van der Waals surface area contributed by atoms with Gasteiger partial charge in [0.2, 0.25) is 0 Å². The molecule has 19 heavy (non-hydrogen) atoms. The summed E-state index contributed by atoms with van der Waals surface area (Å²) in [7, 11) is 0. The molecule has 1 saturated heterocycles. The number of hydrogen-bond acceptors (Lipinski definition) is 2. The number of amides is 2. The van der Waals surface area contributed by atoms with E-state index in [0.29, 0.717) is 26.2 Å². The van der Waals surface area contributed by atoms with E-state index in [1.807, 2.05) is 6.07 Å². The smallest absolute Gasteiger partial charge is 0.317 e. The lowest BCUT2D eigenvalue weighted by molar-refractivity contribution is -0.0441. The van der Waals surface area contributed by atoms with Crippen molar-refractivity contribution in [3.63, 3.8) is 0 Å². The summed E-state index contributed by atoms with van der Waals surface area (Å²) in [5.41, 5.74) is 0.801. The summed E-state index contributed by atoms with van der Waals surface area (Å²) in [5.74, 6) is -0.264. The topological polar surface area (TPSA) is 41.6 Å². The van der Waals surface area contributed by atoms with Crippen LogP contribution in [0.4, 0.5) is 9.18 Å². The molecule has 1 aliphatic heterocycles. The molecule has 0 saturated carbocycles. The molecule has 1 N–H and O–H groups in total. The molecule has 1 fully saturated rings. The van der Waals surface area contributed by atoms with Gasteiger partial charge in [0.1, 0.15) is 5.82 Å². The lowest BCUT2D eigenvalue weighted by Gasteiger charge is -2.38. The predicted octanol–water partition coefficient (Wildman–Crippen LogP) is 1.92. The highest BCUT2D eigenvalue weighted by atomic mass is 19.1. The van der Waals surface area contributed by atoms with E-state index in [1.54, 1.807) is 17.0 Å². The normalized spacial score (nSPS) is 14.9. The molecule has 1 heterocycles. The number of benzene rings is 1. The van der Waals surface area contributed by atoms with E-state index in [4.69, 9.17) is 4.74 Å². The zero-order chi connectivity index (χ0) is 13.7. The average Bonchev–Trinajstić information content (AvgIpc) is 2.34. The standard InChI is InChI=1S/C14H17FN2O2/c1-2-6-16-14(18)17-8-13(9-17)19-10-11-4-3-5-12(15)7-11/h2-5,7,13H,1,6,8-10H2,(H,16,18). The van der Waals surface area contributed by atoms with Crippen molar-refractivity contribution >= 4 is 6.03 Å². The number of nitrogens with one attached hydrogen (secondary N) is 1. The molecule has 2 amide bonds. The largest absolute Gasteiger partial charge is 0.370 e. The van der Waals surface area contributed by atoms with Crippen LogP contribution in [0.25, 0.3) is 0 Å². The third-order valence-electron chi connectivity index (χ3n) is 2.91. The molecular weight excluding hydrogens is 247 g/mol. The quantitative estimate of drug-likeness (QED) is 0.826. The van der Waals surface area contributed by atoms with E-state index in [9.17, 15) is 9.18 Å². The van der Waals surface area contributed by atoms with E-state index < -0.39 is 0 Å². The fourth-order valence-electron chi connectivity index (χ4n) is 1.82. The summed E-state index contributed by atoms with van der Waals surface area (Å²) >= 11 is 0. The molecule has 1 aliphatic rings. The van der Waals surface area contributed by atoms with Crippen molar-refractivity contribution in [3.05, 3.63) is 48.3 Å². The summed E-state index contributed by atoms with van der Waals surface area (Å²) in [6, 6.07) is 6.22. The van der Waals surface area contributed by atoms with Gasteiger partial charge in [-0.15, -0.1) is 6.58 Å². The van der Waals surface area contributed by atoms with E-state index in [2.05, 4.69) is 11.9 Å². The molecule has 2 rings (SSSR count). The van der Waals surface area contributed by atoms with E-state index in [1.165, 1.54) is 12.1 Å². The first kappa shape index (κ1) is 13.5. The molecule has 0 bridgehead atoms. The Labute approximate surface area is 111 Å². The third-order valence-corrected chi connectivity index (χ3v) is 2.91. The number of nitrogens with zero attached hydrogens (tertiary/aromatic N) is 1. The average molecular weight is 264 g/mol. The van der Waals surface area contributed by atoms with Crippen LogP contribution in [-0.4, -0.2) is 36.7 Å². The van der Waals surface area contributed by atoms with E-state index >= 15 is 0 Å². The Balaban J connectivity index is 1.68. The number of rotatable bonds is 5. The van der Waals surface area contributed by atoms with Crippen LogP contribution in [0.3, 0.4) is 0 Å². The van der Waals surface area contributed by atoms with Crippen molar-refractivity contribution in [1.82, 2.24) is 10.2 Å². The van der Waals surface area contributed by atoms with E-state index in [0.717, 1.165) is 5.56 Å². The highest BCUT2D eigenvalue weighted by Crippen LogP contribution is 2.14. The number of ether oxygens (including phenoxy) is 1. The molecule has 5 heteroatoms. The molecule has 1 aromatic rings. The number of halogens is 1. The molecule has 0 spiro atoms. The van der Waals surface area contributed by atoms with Gasteiger partial charge in [-0.25, -0.2) is 9.18 Å². The minimum atomic E-state index is -0.264. The third kappa shape index (κ3) is 3.79. The maximum absolute atomic E-state index is 12.9. The van der Waals surface area contributed by atoms with Crippen LogP contribution in [0, 0.1) is 5.82 Å². The summed E-state index contributed by atoms with van der Waals surface area (Å²) in [5, 5.41) is 2.70. The van der Waals surface area contributed by atoms with Crippen LogP contribution in [-0.2, 0) is 11.3 Å². The molecule has 0 aromatic heterocycles. The van der Waals surface area contributed by atoms with Gasteiger partial charge in [-0.05, 0) is 17.7 Å². The first-order valence-corrected chi connectivity index (χ1v) is 6.19. The molecule has 1 aromatic carbocycles. The van der Waals surface area contributed by atoms with Gasteiger partial charge in [0.15, 0.2) is 0 Å². The number of carbonyl (C=O) groups is 1. The summed E-state index contributed by atoms with van der Waals surface area (Å²) in [4.78, 5) is 13.2. The van der Waals surface area contributed by atoms with Crippen LogP contribution in [0.2, 0.25) is 0 Å². The lowest BCUT2D eigenvalue weighted by Crippen LogP contribution is -2.57. The Morgan fingerprint density at radius 2 is 2.37 bits per heavy atom. The maximum Gasteiger partial charge on any atom is 0.317 e. The van der Waals surface area contributed by atoms with Crippen LogP contribution in [0.1, 0.15) is 5.56 Å². The molecule has 102 valence electrons. The number of urea groups is 1. The minimum Gasteiger partial charge on any atom is -0.370 e. The molecule has 0 unspecified atom stereocenters. The number of likely N-dealkylation sites (tertiary alicyclic amines) is 1. The lowest BCUT2D eigenvalue weighted by atomic mass is 10.1. The Morgan fingerprint density at radius 1 is 1.58 bits per heavy atom. The Kier molecular flexibility index (Phi) is 4.52. The zero-order valence-electron chi connectivity index (χ0n) is 10.6. The Bertz CT molecular complexity index is 459. The molecular formula is C14H17FN2O2. The minimum absolute atomic E-state index is 0.0257. The van der Waals surface area contributed by atoms with Gasteiger partial charge in [-0.1, -0.05) is 18.2 Å². The number of hydrogen-bond donors (Lipinski definition) is 1. The SMILES string of the molecule is C=CCNC(=O)N1CC(OCc2cccc(F)c2)C1. The first-order chi connectivity index (χ1) is 9.19. The van der Waals surface area contributed by atoms with Gasteiger partial charge in [0.25, 0.3) is 0 Å². The van der Waals surface area contributed by atoms with Crippen molar-refractivity contribution in [3.8, 4) is 0 Å². The van der Waals surface area contributed by atoms with Gasteiger partial charge in [-0.2, -0.15) is 0 Å². The van der Waals surface area contributed by atoms with Crippen molar-refractivity contribution in [2.45, 2.75) is 12.7 Å². The molecule has 4 nitrogen and oxygen atoms in total. The van der Waals surface area contributed by atoms with Gasteiger partial charge < -0.3 is 15.0 Å². The Hall–Kier alpha value is -1.88. The fourth-order valence-corrected chi connectivity index (χ4v) is 1.82. The van der Waals surface area contributed by atoms with Crippen molar-refractivity contribution in [2.75, 3.05) is 19.6 Å². The summed E-state index contributed by atoms with van der Waals surface area (Å²) in [6.45, 7) is 5.50. The van der Waals surface area contributed by atoms with Crippen molar-refractivity contribution in [2.24, 2.45) is 0 Å². The molecule has 0 radical (unpaired) electrons. The Morgan fingerprint density at radius 3 is 3.05 bits per heavy atom. The van der Waals surface area contributed by atoms with Gasteiger partial charge in [0.05, 0.1) is 25.8 Å². The summed E-state index contributed by atoms with van der Waals surface area (Å²) < 4.78 is 18.5. The molecule has 0 aliphatic carbocycles. The predicted molar refractivity (Wildman–Crippen MR) is 70.1 cm³/mol. The second kappa shape index (κ2) is 6.33. The maximum atomic E-state index is 12.9. The van der Waals surface area contributed by atoms with Gasteiger partial charge in [0, 0.05) is 6.54 Å².